The van der Waals surface area contributed by atoms with E-state index in [9.17, 15) is 22.8 Å². The van der Waals surface area contributed by atoms with Crippen molar-refractivity contribution in [3.63, 3.8) is 0 Å². The van der Waals surface area contributed by atoms with Crippen LogP contribution in [0, 0.1) is 12.7 Å². The zero-order valence-corrected chi connectivity index (χ0v) is 21.1. The summed E-state index contributed by atoms with van der Waals surface area (Å²) < 4.78 is 38.4. The first-order chi connectivity index (χ1) is 17.6. The van der Waals surface area contributed by atoms with Crippen molar-refractivity contribution >= 4 is 15.7 Å². The van der Waals surface area contributed by atoms with E-state index in [2.05, 4.69) is 5.16 Å². The highest BCUT2D eigenvalue weighted by Gasteiger charge is 2.21. The number of hydrogen-bond donors (Lipinski definition) is 2. The van der Waals surface area contributed by atoms with Crippen molar-refractivity contribution in [2.75, 3.05) is 0 Å². The van der Waals surface area contributed by atoms with Gasteiger partial charge in [-0.3, -0.25) is 4.79 Å². The smallest absolute Gasteiger partial charge is 0.250 e. The number of rotatable bonds is 7. The summed E-state index contributed by atoms with van der Waals surface area (Å²) in [5.41, 5.74) is 5.02. The largest absolute Gasteiger partial charge is 0.411 e. The van der Waals surface area contributed by atoms with Crippen LogP contribution in [0.3, 0.4) is 0 Å². The number of nitrogens with zero attached hydrogens (tertiary/aromatic N) is 2. The minimum atomic E-state index is -3.78. The maximum absolute atomic E-state index is 13.9. The molecule has 4 aromatic rings. The lowest BCUT2D eigenvalue weighted by molar-refractivity contribution is 0.317. The highest BCUT2D eigenvalue weighted by molar-refractivity contribution is 7.89. The fourth-order valence-electron chi connectivity index (χ4n) is 4.36. The van der Waals surface area contributed by atoms with Crippen molar-refractivity contribution in [2.45, 2.75) is 24.2 Å². The predicted octanol–water partition coefficient (Wildman–Crippen LogP) is 4.55. The lowest BCUT2D eigenvalue weighted by Crippen LogP contribution is -2.18. The highest BCUT2D eigenvalue weighted by Crippen LogP contribution is 2.33. The summed E-state index contributed by atoms with van der Waals surface area (Å²) in [6, 6.07) is 21.6. The molecule has 0 unspecified atom stereocenters. The van der Waals surface area contributed by atoms with Gasteiger partial charge in [-0.05, 0) is 65.1 Å². The average molecular weight is 520 g/mol. The van der Waals surface area contributed by atoms with Crippen LogP contribution in [0.5, 0.6) is 0 Å². The molecule has 37 heavy (non-hydrogen) atoms. The molecule has 0 amide bonds. The van der Waals surface area contributed by atoms with Crippen molar-refractivity contribution < 1.29 is 18.0 Å². The van der Waals surface area contributed by atoms with Gasteiger partial charge in [0.15, 0.2) is 0 Å². The molecule has 0 aliphatic heterocycles. The molecule has 0 fully saturated rings. The molecular weight excluding hydrogens is 493 g/mol. The van der Waals surface area contributed by atoms with Gasteiger partial charge in [0.05, 0.1) is 10.6 Å². The highest BCUT2D eigenvalue weighted by atomic mass is 32.2. The van der Waals surface area contributed by atoms with E-state index in [4.69, 9.17) is 5.14 Å². The van der Waals surface area contributed by atoms with Crippen LogP contribution in [-0.2, 0) is 17.1 Å². The van der Waals surface area contributed by atoms with Gasteiger partial charge in [-0.2, -0.15) is 0 Å². The molecule has 0 aliphatic carbocycles. The zero-order valence-electron chi connectivity index (χ0n) is 20.3. The average Bonchev–Trinajstić information content (AvgIpc) is 2.87. The van der Waals surface area contributed by atoms with Gasteiger partial charge in [0, 0.05) is 37.2 Å². The quantitative estimate of drug-likeness (QED) is 0.212. The van der Waals surface area contributed by atoms with Crippen molar-refractivity contribution in [3.05, 3.63) is 123 Å². The molecule has 0 saturated heterocycles. The van der Waals surface area contributed by atoms with Crippen molar-refractivity contribution in [2.24, 2.45) is 17.3 Å². The fourth-order valence-corrected chi connectivity index (χ4v) is 4.87. The molecular formula is C28H26FN3O4S. The molecule has 3 aromatic carbocycles. The number of benzene rings is 3. The molecule has 0 radical (unpaired) electrons. The lowest BCUT2D eigenvalue weighted by atomic mass is 9.83. The SMILES string of the molecule is Cc1cc(F)ccc1[C@@H](CC(=NO)c1ccc(=O)n(C)c1)c1ccc(-c2ccc(S(N)(=O)=O)cc2)cc1. The Morgan fingerprint density at radius 3 is 2.16 bits per heavy atom. The van der Waals surface area contributed by atoms with Crippen LogP contribution in [0.1, 0.15) is 34.6 Å². The van der Waals surface area contributed by atoms with E-state index in [0.29, 0.717) is 17.7 Å². The lowest BCUT2D eigenvalue weighted by Gasteiger charge is -2.21. The second-order valence-corrected chi connectivity index (χ2v) is 10.4. The molecule has 9 heteroatoms. The summed E-state index contributed by atoms with van der Waals surface area (Å²) in [6.45, 7) is 1.83. The number of nitrogens with two attached hydrogens (primary N) is 1. The maximum atomic E-state index is 13.9. The van der Waals surface area contributed by atoms with Crippen LogP contribution >= 0.6 is 0 Å². The minimum Gasteiger partial charge on any atom is -0.411 e. The van der Waals surface area contributed by atoms with Gasteiger partial charge < -0.3 is 9.77 Å². The van der Waals surface area contributed by atoms with Crippen molar-refractivity contribution in [1.82, 2.24) is 4.57 Å². The zero-order chi connectivity index (χ0) is 26.7. The Labute approximate surface area is 214 Å². The van der Waals surface area contributed by atoms with Crippen LogP contribution in [0.2, 0.25) is 0 Å². The van der Waals surface area contributed by atoms with Crippen LogP contribution in [0.25, 0.3) is 11.1 Å². The van der Waals surface area contributed by atoms with Gasteiger partial charge in [0.25, 0.3) is 0 Å². The van der Waals surface area contributed by atoms with Gasteiger partial charge in [-0.1, -0.05) is 47.6 Å². The van der Waals surface area contributed by atoms with E-state index < -0.39 is 10.0 Å². The first-order valence-electron chi connectivity index (χ1n) is 11.4. The Bertz CT molecular complexity index is 1630. The van der Waals surface area contributed by atoms with E-state index in [-0.39, 0.29) is 22.2 Å². The molecule has 0 aliphatic rings. The first-order valence-corrected chi connectivity index (χ1v) is 13.0. The topological polar surface area (TPSA) is 115 Å². The number of pyridine rings is 1. The summed E-state index contributed by atoms with van der Waals surface area (Å²) in [5.74, 6) is -0.616. The van der Waals surface area contributed by atoms with E-state index in [1.807, 2.05) is 31.2 Å². The summed E-state index contributed by atoms with van der Waals surface area (Å²) in [6.07, 6.45) is 1.91. The van der Waals surface area contributed by atoms with Gasteiger partial charge in [0.2, 0.25) is 15.6 Å². The summed E-state index contributed by atoms with van der Waals surface area (Å²) in [4.78, 5) is 11.9. The molecule has 0 saturated carbocycles. The number of oxime groups is 1. The molecule has 0 bridgehead atoms. The van der Waals surface area contributed by atoms with E-state index in [1.54, 1.807) is 37.5 Å². The standard InChI is InChI=1S/C28H26FN3O4S/c1-18-15-23(29)10-13-25(18)26(16-27(31-34)22-9-14-28(33)32(2)17-22)21-5-3-19(4-6-21)20-7-11-24(12-8-20)37(30,35)36/h3-15,17,26,34H,16H2,1-2H3,(H2,30,35,36)/t26-/m0/s1. The molecule has 0 spiro atoms. The number of primary sulfonamides is 1. The predicted molar refractivity (Wildman–Crippen MR) is 141 cm³/mol. The van der Waals surface area contributed by atoms with Crippen LogP contribution in [-0.4, -0.2) is 23.9 Å². The Morgan fingerprint density at radius 1 is 1.00 bits per heavy atom. The monoisotopic (exact) mass is 519 g/mol. The number of aromatic nitrogens is 1. The Hall–Kier alpha value is -4.08. The van der Waals surface area contributed by atoms with Crippen molar-refractivity contribution in [1.29, 1.82) is 0 Å². The normalized spacial score (nSPS) is 12.9. The number of sulfonamides is 1. The molecule has 4 rings (SSSR count). The molecule has 7 nitrogen and oxygen atoms in total. The molecule has 190 valence electrons. The fraction of sp³-hybridized carbons (Fsp3) is 0.143. The van der Waals surface area contributed by atoms with E-state index >= 15 is 0 Å². The Balaban J connectivity index is 1.72. The van der Waals surface area contributed by atoms with Crippen LogP contribution in [0.4, 0.5) is 4.39 Å². The minimum absolute atomic E-state index is 0.0361. The van der Waals surface area contributed by atoms with Crippen LogP contribution in [0.15, 0.2) is 99.9 Å². The van der Waals surface area contributed by atoms with Gasteiger partial charge in [-0.15, -0.1) is 0 Å². The Morgan fingerprint density at radius 2 is 1.62 bits per heavy atom. The molecule has 1 aromatic heterocycles. The van der Waals surface area contributed by atoms with Gasteiger partial charge >= 0.3 is 0 Å². The number of hydrogen-bond acceptors (Lipinski definition) is 5. The number of halogens is 1. The summed E-state index contributed by atoms with van der Waals surface area (Å²) in [7, 11) is -2.16. The van der Waals surface area contributed by atoms with Gasteiger partial charge in [-0.25, -0.2) is 17.9 Å². The van der Waals surface area contributed by atoms with E-state index in [0.717, 1.165) is 27.8 Å². The van der Waals surface area contributed by atoms with Crippen molar-refractivity contribution in [3.8, 4) is 11.1 Å². The number of aryl methyl sites for hydroxylation is 2. The second kappa shape index (κ2) is 10.5. The summed E-state index contributed by atoms with van der Waals surface area (Å²) in [5, 5.41) is 18.6. The molecule has 3 N–H and O–H groups in total. The third-order valence-electron chi connectivity index (χ3n) is 6.37. The third kappa shape index (κ3) is 5.84. The van der Waals surface area contributed by atoms with Crippen LogP contribution < -0.4 is 10.7 Å². The molecule has 1 atom stereocenters. The Kier molecular flexibility index (Phi) is 7.37. The summed E-state index contributed by atoms with van der Waals surface area (Å²) >= 11 is 0. The molecule has 1 heterocycles. The second-order valence-electron chi connectivity index (χ2n) is 8.86. The van der Waals surface area contributed by atoms with Gasteiger partial charge in [0.1, 0.15) is 5.82 Å². The van der Waals surface area contributed by atoms with E-state index in [1.165, 1.54) is 34.9 Å². The first kappa shape index (κ1) is 26.0. The maximum Gasteiger partial charge on any atom is 0.250 e. The third-order valence-corrected chi connectivity index (χ3v) is 7.30.